The predicted octanol–water partition coefficient (Wildman–Crippen LogP) is 6.16. The molecule has 0 saturated carbocycles. The second-order valence-corrected chi connectivity index (χ2v) is 10.8. The highest BCUT2D eigenvalue weighted by Gasteiger charge is 2.32. The summed E-state index contributed by atoms with van der Waals surface area (Å²) >= 11 is 3.52. The van der Waals surface area contributed by atoms with Gasteiger partial charge < -0.3 is 15.0 Å². The molecule has 0 aliphatic carbocycles. The molecule has 0 heterocycles. The summed E-state index contributed by atoms with van der Waals surface area (Å²) in [6.45, 7) is 6.62. The van der Waals surface area contributed by atoms with Crippen molar-refractivity contribution >= 4 is 27.7 Å². The largest absolute Gasteiger partial charge is 0.494 e. The highest BCUT2D eigenvalue weighted by molar-refractivity contribution is 9.10. The molecule has 1 atom stereocenters. The third kappa shape index (κ3) is 9.15. The molecule has 0 bridgehead atoms. The van der Waals surface area contributed by atoms with Gasteiger partial charge in [-0.3, -0.25) is 9.59 Å². The summed E-state index contributed by atoms with van der Waals surface area (Å²) in [4.78, 5) is 28.9. The number of hydrogen-bond acceptors (Lipinski definition) is 3. The topological polar surface area (TPSA) is 58.6 Å². The van der Waals surface area contributed by atoms with Crippen LogP contribution in [0.15, 0.2) is 89.4 Å². The first-order valence-corrected chi connectivity index (χ1v) is 13.1. The molecular weight excluding hydrogens is 516 g/mol. The SMILES string of the molecule is CC(C)(C)NC(=O)[C@@H](Cc1ccccc1)N(Cc1cccc(Br)c1)C(=O)CCCOc1ccccc1. The normalized spacial score (nSPS) is 12.0. The van der Waals surface area contributed by atoms with E-state index in [1.807, 2.05) is 106 Å². The summed E-state index contributed by atoms with van der Waals surface area (Å²) in [6.07, 6.45) is 1.28. The summed E-state index contributed by atoms with van der Waals surface area (Å²) in [5, 5.41) is 3.09. The van der Waals surface area contributed by atoms with Gasteiger partial charge in [-0.15, -0.1) is 0 Å². The van der Waals surface area contributed by atoms with Crippen LogP contribution in [0.1, 0.15) is 44.7 Å². The van der Waals surface area contributed by atoms with Gasteiger partial charge in [-0.05, 0) is 62.6 Å². The van der Waals surface area contributed by atoms with Gasteiger partial charge in [-0.25, -0.2) is 0 Å². The second kappa shape index (κ2) is 13.3. The zero-order valence-electron chi connectivity index (χ0n) is 21.2. The lowest BCUT2D eigenvalue weighted by molar-refractivity contribution is -0.142. The average Bonchev–Trinajstić information content (AvgIpc) is 2.84. The monoisotopic (exact) mass is 550 g/mol. The van der Waals surface area contributed by atoms with Gasteiger partial charge in [0.15, 0.2) is 0 Å². The number of para-hydroxylation sites is 1. The van der Waals surface area contributed by atoms with Crippen molar-refractivity contribution < 1.29 is 14.3 Å². The van der Waals surface area contributed by atoms with Crippen LogP contribution < -0.4 is 10.1 Å². The van der Waals surface area contributed by atoms with E-state index in [1.54, 1.807) is 4.90 Å². The van der Waals surface area contributed by atoms with Crippen molar-refractivity contribution in [3.63, 3.8) is 0 Å². The maximum Gasteiger partial charge on any atom is 0.243 e. The minimum absolute atomic E-state index is 0.0726. The Morgan fingerprint density at radius 3 is 2.19 bits per heavy atom. The third-order valence-corrected chi connectivity index (χ3v) is 6.05. The maximum atomic E-state index is 13.6. The number of carbonyl (C=O) groups is 2. The van der Waals surface area contributed by atoms with Gasteiger partial charge in [-0.2, -0.15) is 0 Å². The second-order valence-electron chi connectivity index (χ2n) is 9.86. The highest BCUT2D eigenvalue weighted by atomic mass is 79.9. The fourth-order valence-corrected chi connectivity index (χ4v) is 4.36. The number of nitrogens with one attached hydrogen (secondary N) is 1. The molecule has 0 aliphatic rings. The minimum Gasteiger partial charge on any atom is -0.494 e. The molecule has 0 spiro atoms. The fraction of sp³-hybridized carbons (Fsp3) is 0.333. The molecule has 1 N–H and O–H groups in total. The van der Waals surface area contributed by atoms with Crippen LogP contribution in [0.3, 0.4) is 0 Å². The van der Waals surface area contributed by atoms with Crippen LogP contribution in [0.5, 0.6) is 5.75 Å². The maximum absolute atomic E-state index is 13.6. The Labute approximate surface area is 223 Å². The van der Waals surface area contributed by atoms with Crippen molar-refractivity contribution in [2.45, 2.75) is 58.2 Å². The molecule has 3 aromatic rings. The zero-order chi connectivity index (χ0) is 26.0. The van der Waals surface area contributed by atoms with E-state index in [-0.39, 0.29) is 18.2 Å². The van der Waals surface area contributed by atoms with Gasteiger partial charge in [0, 0.05) is 29.4 Å². The van der Waals surface area contributed by atoms with Crippen molar-refractivity contribution in [1.82, 2.24) is 10.2 Å². The fourth-order valence-electron chi connectivity index (χ4n) is 3.91. The van der Waals surface area contributed by atoms with E-state index in [1.165, 1.54) is 0 Å². The predicted molar refractivity (Wildman–Crippen MR) is 148 cm³/mol. The summed E-state index contributed by atoms with van der Waals surface area (Å²) in [7, 11) is 0. The van der Waals surface area contributed by atoms with Gasteiger partial charge in [0.05, 0.1) is 6.61 Å². The Kier molecular flexibility index (Phi) is 10.1. The number of nitrogens with zero attached hydrogens (tertiary/aromatic N) is 1. The Bertz CT molecular complexity index is 1110. The van der Waals surface area contributed by atoms with Gasteiger partial charge in [0.2, 0.25) is 11.8 Å². The van der Waals surface area contributed by atoms with Crippen LogP contribution in [-0.4, -0.2) is 34.9 Å². The summed E-state index contributed by atoms with van der Waals surface area (Å²) in [5.41, 5.74) is 1.55. The van der Waals surface area contributed by atoms with Gasteiger partial charge in [-0.1, -0.05) is 76.6 Å². The number of benzene rings is 3. The summed E-state index contributed by atoms with van der Waals surface area (Å²) < 4.78 is 6.72. The lowest BCUT2D eigenvalue weighted by Gasteiger charge is -2.34. The minimum atomic E-state index is -0.645. The number of carbonyl (C=O) groups excluding carboxylic acids is 2. The van der Waals surface area contributed by atoms with Crippen LogP contribution in [0, 0.1) is 0 Å². The molecule has 0 radical (unpaired) electrons. The van der Waals surface area contributed by atoms with Crippen molar-refractivity contribution in [2.75, 3.05) is 6.61 Å². The van der Waals surface area contributed by atoms with E-state index in [2.05, 4.69) is 21.2 Å². The smallest absolute Gasteiger partial charge is 0.243 e. The molecule has 5 nitrogen and oxygen atoms in total. The first-order valence-electron chi connectivity index (χ1n) is 12.3. The van der Waals surface area contributed by atoms with Crippen LogP contribution in [-0.2, 0) is 22.6 Å². The van der Waals surface area contributed by atoms with Crippen molar-refractivity contribution in [3.05, 3.63) is 101 Å². The summed E-state index contributed by atoms with van der Waals surface area (Å²) in [6, 6.07) is 26.6. The molecule has 0 aliphatic heterocycles. The van der Waals surface area contributed by atoms with E-state index in [4.69, 9.17) is 4.74 Å². The van der Waals surface area contributed by atoms with Crippen molar-refractivity contribution in [1.29, 1.82) is 0 Å². The number of ether oxygens (including phenoxy) is 1. The number of halogens is 1. The molecule has 3 rings (SSSR count). The first kappa shape index (κ1) is 27.5. The average molecular weight is 552 g/mol. The molecule has 6 heteroatoms. The Morgan fingerprint density at radius 1 is 0.917 bits per heavy atom. The molecular formula is C30H35BrN2O3. The van der Waals surface area contributed by atoms with E-state index < -0.39 is 11.6 Å². The molecule has 36 heavy (non-hydrogen) atoms. The van der Waals surface area contributed by atoms with E-state index in [9.17, 15) is 9.59 Å². The molecule has 190 valence electrons. The van der Waals surface area contributed by atoms with Crippen molar-refractivity contribution in [3.8, 4) is 5.75 Å². The van der Waals surface area contributed by atoms with E-state index in [0.29, 0.717) is 26.0 Å². The highest BCUT2D eigenvalue weighted by Crippen LogP contribution is 2.20. The van der Waals surface area contributed by atoms with Gasteiger partial charge in [0.25, 0.3) is 0 Å². The van der Waals surface area contributed by atoms with Crippen LogP contribution >= 0.6 is 15.9 Å². The number of amides is 2. The van der Waals surface area contributed by atoms with Crippen LogP contribution in [0.4, 0.5) is 0 Å². The molecule has 2 amide bonds. The van der Waals surface area contributed by atoms with E-state index in [0.717, 1.165) is 21.3 Å². The Hall–Kier alpha value is -3.12. The zero-order valence-corrected chi connectivity index (χ0v) is 22.8. The molecule has 0 saturated heterocycles. The molecule has 3 aromatic carbocycles. The molecule has 0 unspecified atom stereocenters. The van der Waals surface area contributed by atoms with Crippen LogP contribution in [0.2, 0.25) is 0 Å². The Morgan fingerprint density at radius 2 is 1.56 bits per heavy atom. The molecule has 0 fully saturated rings. The van der Waals surface area contributed by atoms with Crippen molar-refractivity contribution in [2.24, 2.45) is 0 Å². The Balaban J connectivity index is 1.82. The van der Waals surface area contributed by atoms with Gasteiger partial charge >= 0.3 is 0 Å². The lowest BCUT2D eigenvalue weighted by atomic mass is 10.00. The molecule has 0 aromatic heterocycles. The number of hydrogen-bond donors (Lipinski definition) is 1. The first-order chi connectivity index (χ1) is 17.2. The quantitative estimate of drug-likeness (QED) is 0.291. The van der Waals surface area contributed by atoms with E-state index >= 15 is 0 Å². The van der Waals surface area contributed by atoms with Crippen LogP contribution in [0.25, 0.3) is 0 Å². The number of rotatable bonds is 11. The summed E-state index contributed by atoms with van der Waals surface area (Å²) in [5.74, 6) is 0.550. The van der Waals surface area contributed by atoms with Gasteiger partial charge in [0.1, 0.15) is 11.8 Å². The standard InChI is InChI=1S/C30H35BrN2O3/c1-30(2,3)32-29(35)27(21-23-12-6-4-7-13-23)33(22-24-14-10-15-25(31)20-24)28(34)18-11-19-36-26-16-8-5-9-17-26/h4-10,12-17,20,27H,11,18-19,21-22H2,1-3H3,(H,32,35)/t27-/m1/s1. The lowest BCUT2D eigenvalue weighted by Crippen LogP contribution is -2.54. The third-order valence-electron chi connectivity index (χ3n) is 5.56.